The molecule has 180 valence electrons. The van der Waals surface area contributed by atoms with Crippen LogP contribution in [0.2, 0.25) is 0 Å². The Bertz CT molecular complexity index is 1130. The van der Waals surface area contributed by atoms with Crippen LogP contribution in [0.25, 0.3) is 0 Å². The highest BCUT2D eigenvalue weighted by Crippen LogP contribution is 2.56. The maximum atomic E-state index is 14.0. The molecule has 2 amide bonds. The zero-order valence-corrected chi connectivity index (χ0v) is 19.3. The van der Waals surface area contributed by atoms with Crippen molar-refractivity contribution in [2.24, 2.45) is 16.7 Å². The molecule has 34 heavy (non-hydrogen) atoms. The van der Waals surface area contributed by atoms with Crippen molar-refractivity contribution >= 4 is 6.03 Å². The number of hydrogen-bond donors (Lipinski definition) is 1. The minimum absolute atomic E-state index is 0.170. The first-order valence-corrected chi connectivity index (χ1v) is 12.7. The number of nitrogens with zero attached hydrogens (tertiary/aromatic N) is 5. The zero-order valence-electron chi connectivity index (χ0n) is 19.3. The lowest BCUT2D eigenvalue weighted by Crippen LogP contribution is -2.69. The molecule has 1 atom stereocenters. The van der Waals surface area contributed by atoms with Gasteiger partial charge in [-0.15, -0.1) is 0 Å². The van der Waals surface area contributed by atoms with E-state index in [9.17, 15) is 13.6 Å². The molecule has 2 aliphatic heterocycles. The third kappa shape index (κ3) is 3.41. The largest absolute Gasteiger partial charge is 0.323 e. The number of pyridine rings is 1. The summed E-state index contributed by atoms with van der Waals surface area (Å²) in [6.45, 7) is 3.30. The molecule has 5 fully saturated rings. The first kappa shape index (κ1) is 20.8. The van der Waals surface area contributed by atoms with E-state index < -0.39 is 11.6 Å². The third-order valence-electron chi connectivity index (χ3n) is 9.02. The first-order chi connectivity index (χ1) is 16.4. The fourth-order valence-corrected chi connectivity index (χ4v) is 7.09. The number of halogens is 2. The monoisotopic (exact) mass is 468 g/mol. The number of amides is 2. The Hall–Kier alpha value is -2.58. The summed E-state index contributed by atoms with van der Waals surface area (Å²) in [5.41, 5.74) is 0.800. The van der Waals surface area contributed by atoms with Crippen LogP contribution >= 0.6 is 0 Å². The predicted molar refractivity (Wildman–Crippen MR) is 119 cm³/mol. The van der Waals surface area contributed by atoms with E-state index in [0.29, 0.717) is 29.9 Å². The van der Waals surface area contributed by atoms with Gasteiger partial charge in [0.1, 0.15) is 17.5 Å². The van der Waals surface area contributed by atoms with Gasteiger partial charge in [-0.2, -0.15) is 5.10 Å². The van der Waals surface area contributed by atoms with Crippen molar-refractivity contribution in [1.82, 2.24) is 30.0 Å². The van der Waals surface area contributed by atoms with Gasteiger partial charge in [-0.05, 0) is 57.3 Å². The molecule has 0 unspecified atom stereocenters. The Morgan fingerprint density at radius 3 is 2.47 bits per heavy atom. The van der Waals surface area contributed by atoms with E-state index in [4.69, 9.17) is 4.98 Å². The second kappa shape index (κ2) is 7.21. The maximum Gasteiger partial charge on any atom is 0.320 e. The van der Waals surface area contributed by atoms with E-state index >= 15 is 0 Å². The van der Waals surface area contributed by atoms with E-state index in [1.165, 1.54) is 12.8 Å². The molecule has 3 saturated carbocycles. The van der Waals surface area contributed by atoms with Crippen molar-refractivity contribution < 1.29 is 13.6 Å². The van der Waals surface area contributed by atoms with Crippen LogP contribution in [0.1, 0.15) is 74.1 Å². The van der Waals surface area contributed by atoms with Crippen LogP contribution in [-0.2, 0) is 6.42 Å². The lowest BCUT2D eigenvalue weighted by atomic mass is 9.57. The third-order valence-corrected chi connectivity index (χ3v) is 9.02. The van der Waals surface area contributed by atoms with Gasteiger partial charge in [0.25, 0.3) is 0 Å². The molecule has 7 nitrogen and oxygen atoms in total. The van der Waals surface area contributed by atoms with Gasteiger partial charge in [-0.3, -0.25) is 10.1 Å². The van der Waals surface area contributed by atoms with E-state index in [1.54, 1.807) is 0 Å². The Morgan fingerprint density at radius 1 is 1.03 bits per heavy atom. The lowest BCUT2D eigenvalue weighted by Gasteiger charge is -2.60. The van der Waals surface area contributed by atoms with E-state index in [-0.39, 0.29) is 16.9 Å². The second-order valence-corrected chi connectivity index (χ2v) is 11.8. The number of rotatable bonds is 4. The van der Waals surface area contributed by atoms with Crippen LogP contribution in [0.15, 0.2) is 12.3 Å². The van der Waals surface area contributed by atoms with Crippen molar-refractivity contribution in [2.45, 2.75) is 63.2 Å². The second-order valence-electron chi connectivity index (χ2n) is 11.8. The van der Waals surface area contributed by atoms with Crippen LogP contribution in [0.3, 0.4) is 0 Å². The molecule has 5 aliphatic rings. The molecule has 2 aromatic rings. The molecule has 9 heteroatoms. The van der Waals surface area contributed by atoms with Crippen LogP contribution in [0.4, 0.5) is 13.6 Å². The standard InChI is InChI=1S/C25H30F2N6O/c26-18-6-19(27)20(28-10-18)5-15-3-4-24(7-15)11-32(12-24)23(34)33-13-25(14-33)8-17(9-25)22-29-21(30-31-22)16-1-2-16/h6,10,15-17H,1-5,7-9,11-14H2,(H,29,30,31)/t15-/m0/s1. The topological polar surface area (TPSA) is 78.0 Å². The molecular weight excluding hydrogens is 438 g/mol. The summed E-state index contributed by atoms with van der Waals surface area (Å²) in [5, 5.41) is 7.56. The van der Waals surface area contributed by atoms with Crippen molar-refractivity contribution in [1.29, 1.82) is 0 Å². The van der Waals surface area contributed by atoms with Crippen molar-refractivity contribution in [3.8, 4) is 0 Å². The Kier molecular flexibility index (Phi) is 4.40. The average Bonchev–Trinajstić information content (AvgIpc) is 3.30. The molecule has 0 bridgehead atoms. The Labute approximate surface area is 197 Å². The summed E-state index contributed by atoms with van der Waals surface area (Å²) in [7, 11) is 0. The van der Waals surface area contributed by atoms with Gasteiger partial charge in [0, 0.05) is 54.9 Å². The summed E-state index contributed by atoms with van der Waals surface area (Å²) >= 11 is 0. The molecule has 2 aromatic heterocycles. The van der Waals surface area contributed by atoms with Crippen LogP contribution < -0.4 is 0 Å². The van der Waals surface area contributed by atoms with Gasteiger partial charge in [0.05, 0.1) is 11.9 Å². The van der Waals surface area contributed by atoms with Crippen molar-refractivity contribution in [3.63, 3.8) is 0 Å². The molecule has 2 saturated heterocycles. The molecule has 1 N–H and O–H groups in total. The molecule has 0 aromatic carbocycles. The van der Waals surface area contributed by atoms with E-state index in [1.807, 2.05) is 9.80 Å². The maximum absolute atomic E-state index is 14.0. The van der Waals surface area contributed by atoms with E-state index in [2.05, 4.69) is 15.2 Å². The molecule has 4 heterocycles. The number of aromatic nitrogens is 4. The predicted octanol–water partition coefficient (Wildman–Crippen LogP) is 4.00. The van der Waals surface area contributed by atoms with Gasteiger partial charge in [-0.25, -0.2) is 18.6 Å². The van der Waals surface area contributed by atoms with Crippen molar-refractivity contribution in [3.05, 3.63) is 41.2 Å². The first-order valence-electron chi connectivity index (χ1n) is 12.7. The fourth-order valence-electron chi connectivity index (χ4n) is 7.09. The highest BCUT2D eigenvalue weighted by atomic mass is 19.1. The minimum Gasteiger partial charge on any atom is -0.323 e. The number of H-pyrrole nitrogens is 1. The minimum atomic E-state index is -0.636. The Balaban J connectivity index is 0.875. The quantitative estimate of drug-likeness (QED) is 0.736. The number of likely N-dealkylation sites (tertiary alicyclic amines) is 2. The van der Waals surface area contributed by atoms with Gasteiger partial charge in [0.2, 0.25) is 0 Å². The van der Waals surface area contributed by atoms with Gasteiger partial charge in [-0.1, -0.05) is 0 Å². The fraction of sp³-hybridized carbons (Fsp3) is 0.680. The summed E-state index contributed by atoms with van der Waals surface area (Å²) in [6, 6.07) is 1.08. The summed E-state index contributed by atoms with van der Waals surface area (Å²) in [4.78, 5) is 25.6. The number of urea groups is 1. The van der Waals surface area contributed by atoms with Crippen LogP contribution in [0.5, 0.6) is 0 Å². The number of carbonyl (C=O) groups excluding carboxylic acids is 1. The SMILES string of the molecule is O=C(N1CC2(CC(c3n[nH]c(C4CC4)n3)C2)C1)N1CC2(CC[C@@H](Cc3ncc(F)cc3F)C2)C1. The number of carbonyl (C=O) groups is 1. The number of hydrogen-bond acceptors (Lipinski definition) is 4. The zero-order chi connectivity index (χ0) is 23.1. The molecule has 0 radical (unpaired) electrons. The summed E-state index contributed by atoms with van der Waals surface area (Å²) < 4.78 is 27.1. The summed E-state index contributed by atoms with van der Waals surface area (Å²) in [6.07, 6.45) is 9.31. The molecular formula is C25H30F2N6O. The van der Waals surface area contributed by atoms with Crippen LogP contribution in [0, 0.1) is 28.4 Å². The van der Waals surface area contributed by atoms with Gasteiger partial charge in [0.15, 0.2) is 5.82 Å². The van der Waals surface area contributed by atoms with Crippen LogP contribution in [-0.4, -0.2) is 62.2 Å². The number of nitrogens with one attached hydrogen (secondary N) is 1. The molecule has 2 spiro atoms. The highest BCUT2D eigenvalue weighted by molar-refractivity contribution is 5.77. The number of aromatic amines is 1. The smallest absolute Gasteiger partial charge is 0.320 e. The van der Waals surface area contributed by atoms with Gasteiger partial charge >= 0.3 is 6.03 Å². The van der Waals surface area contributed by atoms with E-state index in [0.717, 1.165) is 82.2 Å². The average molecular weight is 469 g/mol. The normalized spacial score (nSPS) is 27.1. The van der Waals surface area contributed by atoms with Gasteiger partial charge < -0.3 is 9.80 Å². The van der Waals surface area contributed by atoms with Crippen molar-refractivity contribution in [2.75, 3.05) is 26.2 Å². The molecule has 7 rings (SSSR count). The summed E-state index contributed by atoms with van der Waals surface area (Å²) in [5.74, 6) is 2.22. The molecule has 3 aliphatic carbocycles. The lowest BCUT2D eigenvalue weighted by molar-refractivity contribution is -0.0706. The Morgan fingerprint density at radius 2 is 1.76 bits per heavy atom. The highest BCUT2D eigenvalue weighted by Gasteiger charge is 2.57.